The zero-order valence-corrected chi connectivity index (χ0v) is 40.2. The minimum Gasteiger partial charge on any atom is -0.456 e. The van der Waals surface area contributed by atoms with Crippen LogP contribution in [-0.2, 0) is 41.1 Å². The molecule has 1 atom stereocenters. The Morgan fingerprint density at radius 1 is 0.536 bits per heavy atom. The van der Waals surface area contributed by atoms with Gasteiger partial charge in [-0.3, -0.25) is 9.59 Å². The number of ketones is 2. The van der Waals surface area contributed by atoms with E-state index in [9.17, 15) is 9.59 Å². The first-order chi connectivity index (χ1) is 26.2. The van der Waals surface area contributed by atoms with Gasteiger partial charge < -0.3 is 22.4 Å². The van der Waals surface area contributed by atoms with E-state index in [1.165, 1.54) is 14.2 Å². The maximum Gasteiger partial charge on any atom is 0.260 e. The molecule has 0 saturated carbocycles. The lowest BCUT2D eigenvalue weighted by Gasteiger charge is -2.32. The van der Waals surface area contributed by atoms with Gasteiger partial charge in [-0.2, -0.15) is 0 Å². The van der Waals surface area contributed by atoms with E-state index in [2.05, 4.69) is 71.5 Å². The first kappa shape index (κ1) is 47.3. The summed E-state index contributed by atoms with van der Waals surface area (Å²) in [6.45, 7) is 22.5. The van der Waals surface area contributed by atoms with Gasteiger partial charge in [-0.05, 0) is 107 Å². The fourth-order valence-corrected chi connectivity index (χ4v) is 23.0. The van der Waals surface area contributed by atoms with Crippen molar-refractivity contribution in [1.82, 2.24) is 0 Å². The summed E-state index contributed by atoms with van der Waals surface area (Å²) in [6.07, 6.45) is 1.08. The molecule has 0 saturated heterocycles. The summed E-state index contributed by atoms with van der Waals surface area (Å²) in [5.74, 6) is -1.63. The van der Waals surface area contributed by atoms with E-state index in [1.54, 1.807) is 7.11 Å². The second-order valence-corrected chi connectivity index (χ2v) is 35.5. The minimum atomic E-state index is -1.82. The van der Waals surface area contributed by atoms with Crippen LogP contribution in [0, 0.1) is 0 Å². The number of carbonyl (C=O) groups excluding carboxylic acids is 2. The third kappa shape index (κ3) is 14.1. The number of aryl methyl sites for hydroxylation is 2. The molecule has 1 unspecified atom stereocenters. The van der Waals surface area contributed by atoms with Crippen molar-refractivity contribution < 1.29 is 32.0 Å². The number of benzene rings is 4. The van der Waals surface area contributed by atoms with Gasteiger partial charge in [0.05, 0.1) is 0 Å². The molecule has 4 rings (SSSR count). The molecule has 4 aromatic carbocycles. The summed E-state index contributed by atoms with van der Waals surface area (Å²) >= 11 is 0. The zero-order valence-electron chi connectivity index (χ0n) is 36.2. The third-order valence-electron chi connectivity index (χ3n) is 9.31. The Bertz CT molecular complexity index is 1830. The number of hydrogen-bond acceptors (Lipinski definition) is 7. The Morgan fingerprint density at radius 2 is 0.929 bits per heavy atom. The zero-order chi connectivity index (χ0) is 41.8. The summed E-state index contributed by atoms with van der Waals surface area (Å²) in [7, 11) is -2.12. The van der Waals surface area contributed by atoms with Crippen molar-refractivity contribution in [2.24, 2.45) is 0 Å². The van der Waals surface area contributed by atoms with Crippen molar-refractivity contribution in [3.05, 3.63) is 143 Å². The van der Waals surface area contributed by atoms with Gasteiger partial charge in [-0.1, -0.05) is 109 Å². The van der Waals surface area contributed by atoms with Crippen LogP contribution in [-0.4, -0.2) is 66.2 Å². The molecule has 0 aliphatic carbocycles. The number of ether oxygens (including phenoxy) is 3. The quantitative estimate of drug-likeness (QED) is 0.0529. The molecule has 0 amide bonds. The number of carbonyl (C=O) groups is 2. The van der Waals surface area contributed by atoms with Crippen LogP contribution in [0.25, 0.3) is 0 Å². The summed E-state index contributed by atoms with van der Waals surface area (Å²) < 4.78 is 29.8. The van der Waals surface area contributed by atoms with Gasteiger partial charge >= 0.3 is 0 Å². The number of methoxy groups -OCH3 is 3. The molecule has 0 aliphatic heterocycles. The average molecular weight is 831 g/mol. The second kappa shape index (κ2) is 20.5. The molecule has 11 heteroatoms. The van der Waals surface area contributed by atoms with Crippen LogP contribution in [0.15, 0.2) is 109 Å². The van der Waals surface area contributed by atoms with Gasteiger partial charge in [0.1, 0.15) is 6.10 Å². The maximum atomic E-state index is 13.6. The van der Waals surface area contributed by atoms with Gasteiger partial charge in [-0.15, -0.1) is 0 Å². The second-order valence-electron chi connectivity index (χ2n) is 17.4. The molecule has 0 fully saturated rings. The molecule has 0 bridgehead atoms. The lowest BCUT2D eigenvalue weighted by Crippen LogP contribution is -2.42. The molecule has 0 spiro atoms. The van der Waals surface area contributed by atoms with Crippen molar-refractivity contribution in [3.8, 4) is 0 Å². The molecular weight excluding hydrogens is 765 g/mol. The van der Waals surface area contributed by atoms with E-state index in [0.717, 1.165) is 47.2 Å². The standard InChI is InChI=1S/C23H34O4Si2.C22H32O3Si2/c1-25-23(26-2,20-14-9-8-10-15-20)22(24)21-16-12-11-13-19(21)17-18-29(6,7)27-28(3,4)5;1-24-22(19-13-8-7-9-14-19)21(23)20-15-11-10-12-18(20)16-17-27(5,6)25-26(2,3)4/h8-16H,17-18H2,1-7H3;7-15,22H,16-17H2,1-6H3. The molecule has 0 aromatic heterocycles. The summed E-state index contributed by atoms with van der Waals surface area (Å²) in [5, 5.41) is 0. The van der Waals surface area contributed by atoms with Gasteiger partial charge in [0.2, 0.25) is 5.78 Å². The van der Waals surface area contributed by atoms with Gasteiger partial charge in [0.15, 0.2) is 39.1 Å². The summed E-state index contributed by atoms with van der Waals surface area (Å²) in [4.78, 5) is 26.9. The van der Waals surface area contributed by atoms with E-state index >= 15 is 0 Å². The Morgan fingerprint density at radius 3 is 1.36 bits per heavy atom. The highest BCUT2D eigenvalue weighted by Crippen LogP contribution is 2.33. The minimum absolute atomic E-state index is 0.0184. The largest absolute Gasteiger partial charge is 0.456 e. The fraction of sp³-hybridized carbons (Fsp3) is 0.422. The molecule has 7 nitrogen and oxygen atoms in total. The van der Waals surface area contributed by atoms with Crippen LogP contribution < -0.4 is 0 Å². The molecule has 4 aromatic rings. The van der Waals surface area contributed by atoms with Crippen molar-refractivity contribution in [2.45, 2.75) is 102 Å². The maximum absolute atomic E-state index is 13.6. The average Bonchev–Trinajstić information content (AvgIpc) is 3.14. The molecule has 56 heavy (non-hydrogen) atoms. The summed E-state index contributed by atoms with van der Waals surface area (Å²) in [5.41, 5.74) is 5.05. The third-order valence-corrected chi connectivity index (χ3v) is 21.5. The normalized spacial score (nSPS) is 13.1. The lowest BCUT2D eigenvalue weighted by molar-refractivity contribution is -0.176. The highest BCUT2D eigenvalue weighted by atomic mass is 28.4. The molecule has 0 aliphatic rings. The Kier molecular flexibility index (Phi) is 17.3. The molecule has 0 heterocycles. The van der Waals surface area contributed by atoms with Crippen LogP contribution >= 0.6 is 0 Å². The van der Waals surface area contributed by atoms with E-state index in [-0.39, 0.29) is 11.6 Å². The van der Waals surface area contributed by atoms with Crippen LogP contribution in [0.1, 0.15) is 49.1 Å². The van der Waals surface area contributed by atoms with Crippen LogP contribution in [0.4, 0.5) is 0 Å². The van der Waals surface area contributed by atoms with Crippen LogP contribution in [0.5, 0.6) is 0 Å². The Labute approximate surface area is 341 Å². The van der Waals surface area contributed by atoms with E-state index in [1.807, 2.05) is 103 Å². The highest BCUT2D eigenvalue weighted by molar-refractivity contribution is 6.84. The van der Waals surface area contributed by atoms with Crippen molar-refractivity contribution >= 4 is 44.8 Å². The van der Waals surface area contributed by atoms with Crippen molar-refractivity contribution in [3.63, 3.8) is 0 Å². The highest BCUT2D eigenvalue weighted by Gasteiger charge is 2.42. The lowest BCUT2D eigenvalue weighted by atomic mass is 9.92. The molecule has 0 N–H and O–H groups in total. The predicted molar refractivity (Wildman–Crippen MR) is 241 cm³/mol. The molecule has 0 radical (unpaired) electrons. The monoisotopic (exact) mass is 830 g/mol. The first-order valence-corrected chi connectivity index (χ1v) is 32.6. The van der Waals surface area contributed by atoms with Gasteiger partial charge in [0, 0.05) is 38.0 Å². The molecule has 304 valence electrons. The van der Waals surface area contributed by atoms with Crippen LogP contribution in [0.2, 0.25) is 77.6 Å². The fourth-order valence-electron chi connectivity index (χ4n) is 7.20. The smallest absolute Gasteiger partial charge is 0.260 e. The SMILES string of the molecule is COC(C(=O)c1ccccc1CC[Si](C)(C)O[Si](C)(C)C)c1ccccc1.COC(OC)(C(=O)c1ccccc1CC[Si](C)(C)O[Si](C)(C)C)c1ccccc1. The number of hydrogen-bond donors (Lipinski definition) is 0. The van der Waals surface area contributed by atoms with E-state index in [0.29, 0.717) is 11.1 Å². The number of Topliss-reactive ketones (excluding diaryl/α,β-unsaturated/α-hetero) is 2. The van der Waals surface area contributed by atoms with Crippen molar-refractivity contribution in [2.75, 3.05) is 21.3 Å². The Balaban J connectivity index is 0.000000301. The predicted octanol–water partition coefficient (Wildman–Crippen LogP) is 11.5. The molecular formula is C45H66O7Si4. The number of rotatable bonds is 19. The van der Waals surface area contributed by atoms with Gasteiger partial charge in [-0.25, -0.2) is 0 Å². The van der Waals surface area contributed by atoms with E-state index in [4.69, 9.17) is 22.4 Å². The van der Waals surface area contributed by atoms with E-state index < -0.39 is 45.2 Å². The van der Waals surface area contributed by atoms with Gasteiger partial charge in [0.25, 0.3) is 5.79 Å². The Hall–Kier alpha value is -3.11. The van der Waals surface area contributed by atoms with Crippen molar-refractivity contribution in [1.29, 1.82) is 0 Å². The summed E-state index contributed by atoms with van der Waals surface area (Å²) in [6, 6.07) is 36.7. The topological polar surface area (TPSA) is 80.3 Å². The first-order valence-electron chi connectivity index (χ1n) is 19.6. The van der Waals surface area contributed by atoms with Crippen LogP contribution in [0.3, 0.4) is 0 Å².